The summed E-state index contributed by atoms with van der Waals surface area (Å²) in [5.41, 5.74) is 1.21. The average Bonchev–Trinajstić information content (AvgIpc) is 2.88. The van der Waals surface area contributed by atoms with E-state index in [2.05, 4.69) is 51.6 Å². The van der Waals surface area contributed by atoms with Crippen LogP contribution in [-0.4, -0.2) is 32.6 Å². The molecular weight excluding hydrogens is 302 g/mol. The Labute approximate surface area is 125 Å². The van der Waals surface area contributed by atoms with E-state index in [1.54, 1.807) is 0 Å². The quantitative estimate of drug-likeness (QED) is 0.736. The molecule has 0 radical (unpaired) electrons. The van der Waals surface area contributed by atoms with E-state index in [4.69, 9.17) is 5.10 Å². The zero-order valence-corrected chi connectivity index (χ0v) is 13.8. The smallest absolute Gasteiger partial charge is 0.0765 e. The van der Waals surface area contributed by atoms with Gasteiger partial charge in [0.25, 0.3) is 0 Å². The normalized spacial score (nSPS) is 17.5. The van der Waals surface area contributed by atoms with Crippen LogP contribution in [0, 0.1) is 0 Å². The van der Waals surface area contributed by atoms with Gasteiger partial charge in [0.15, 0.2) is 0 Å². The third kappa shape index (κ3) is 4.32. The number of nitrogens with zero attached hydrogens (tertiary/aromatic N) is 3. The van der Waals surface area contributed by atoms with Gasteiger partial charge in [-0.05, 0) is 32.8 Å². The molecule has 1 heterocycles. The van der Waals surface area contributed by atoms with Crippen molar-refractivity contribution in [2.75, 3.05) is 11.9 Å². The van der Waals surface area contributed by atoms with Crippen LogP contribution < -0.4 is 0 Å². The topological polar surface area (TPSA) is 21.1 Å². The van der Waals surface area contributed by atoms with E-state index in [9.17, 15) is 0 Å². The summed E-state index contributed by atoms with van der Waals surface area (Å²) in [7, 11) is 0. The van der Waals surface area contributed by atoms with Crippen LogP contribution in [0.15, 0.2) is 12.3 Å². The second kappa shape index (κ2) is 7.44. The summed E-state index contributed by atoms with van der Waals surface area (Å²) in [6.45, 7) is 6.54. The van der Waals surface area contributed by atoms with Crippen LogP contribution in [0.4, 0.5) is 0 Å². The summed E-state index contributed by atoms with van der Waals surface area (Å²) in [5, 5.41) is 5.82. The highest BCUT2D eigenvalue weighted by Crippen LogP contribution is 2.27. The van der Waals surface area contributed by atoms with E-state index < -0.39 is 0 Å². The van der Waals surface area contributed by atoms with Crippen molar-refractivity contribution in [1.29, 1.82) is 0 Å². The highest BCUT2D eigenvalue weighted by Gasteiger charge is 2.17. The number of hydrogen-bond acceptors (Lipinski definition) is 2. The van der Waals surface area contributed by atoms with Crippen molar-refractivity contribution in [2.45, 2.75) is 64.6 Å². The van der Waals surface area contributed by atoms with Crippen LogP contribution in [0.1, 0.15) is 57.7 Å². The molecule has 2 rings (SSSR count). The Balaban J connectivity index is 1.95. The van der Waals surface area contributed by atoms with Crippen LogP contribution in [0.5, 0.6) is 0 Å². The van der Waals surface area contributed by atoms with Crippen LogP contribution in [0.25, 0.3) is 0 Å². The van der Waals surface area contributed by atoms with Crippen molar-refractivity contribution in [3.05, 3.63) is 18.0 Å². The van der Waals surface area contributed by atoms with Gasteiger partial charge < -0.3 is 0 Å². The third-order valence-corrected chi connectivity index (χ3v) is 4.43. The second-order valence-corrected chi connectivity index (χ2v) is 6.63. The highest BCUT2D eigenvalue weighted by atomic mass is 79.9. The van der Waals surface area contributed by atoms with Crippen molar-refractivity contribution < 1.29 is 0 Å². The van der Waals surface area contributed by atoms with E-state index in [0.29, 0.717) is 12.1 Å². The molecule has 19 heavy (non-hydrogen) atoms. The summed E-state index contributed by atoms with van der Waals surface area (Å²) in [6.07, 6.45) is 8.91. The first-order chi connectivity index (χ1) is 9.20. The first kappa shape index (κ1) is 15.0. The molecule has 0 N–H and O–H groups in total. The van der Waals surface area contributed by atoms with Crippen LogP contribution in [0.2, 0.25) is 0 Å². The van der Waals surface area contributed by atoms with Crippen molar-refractivity contribution >= 4 is 15.9 Å². The van der Waals surface area contributed by atoms with E-state index >= 15 is 0 Å². The van der Waals surface area contributed by atoms with Gasteiger partial charge in [-0.2, -0.15) is 5.10 Å². The fourth-order valence-electron chi connectivity index (χ4n) is 2.85. The van der Waals surface area contributed by atoms with Gasteiger partial charge in [0.1, 0.15) is 0 Å². The van der Waals surface area contributed by atoms with Crippen LogP contribution in [0.3, 0.4) is 0 Å². The van der Waals surface area contributed by atoms with Gasteiger partial charge in [0.2, 0.25) is 0 Å². The maximum absolute atomic E-state index is 4.80. The number of halogens is 1. The lowest BCUT2D eigenvalue weighted by atomic mass is 9.96. The van der Waals surface area contributed by atoms with Gasteiger partial charge in [-0.15, -0.1) is 0 Å². The Morgan fingerprint density at radius 1 is 1.37 bits per heavy atom. The summed E-state index contributed by atoms with van der Waals surface area (Å²) >= 11 is 3.53. The molecule has 0 unspecified atom stereocenters. The van der Waals surface area contributed by atoms with Gasteiger partial charge in [0.05, 0.1) is 11.7 Å². The Hall–Kier alpha value is -0.350. The van der Waals surface area contributed by atoms with Gasteiger partial charge >= 0.3 is 0 Å². The third-order valence-electron chi connectivity index (χ3n) is 4.08. The summed E-state index contributed by atoms with van der Waals surface area (Å²) in [5.74, 6) is 0. The second-order valence-electron chi connectivity index (χ2n) is 5.83. The molecule has 3 nitrogen and oxygen atoms in total. The zero-order valence-electron chi connectivity index (χ0n) is 12.2. The number of rotatable bonds is 6. The number of aromatic nitrogens is 2. The summed E-state index contributed by atoms with van der Waals surface area (Å²) < 4.78 is 2.21. The molecule has 1 fully saturated rings. The Morgan fingerprint density at radius 2 is 2.11 bits per heavy atom. The van der Waals surface area contributed by atoms with E-state index in [-0.39, 0.29) is 0 Å². The van der Waals surface area contributed by atoms with E-state index in [0.717, 1.165) is 18.4 Å². The van der Waals surface area contributed by atoms with Gasteiger partial charge in [-0.1, -0.05) is 35.2 Å². The van der Waals surface area contributed by atoms with Crippen molar-refractivity contribution in [2.24, 2.45) is 0 Å². The minimum absolute atomic E-state index is 0.567. The predicted octanol–water partition coefficient (Wildman–Crippen LogP) is 3.99. The zero-order chi connectivity index (χ0) is 13.7. The molecule has 0 saturated heterocycles. The molecule has 1 aliphatic carbocycles. The maximum atomic E-state index is 4.80. The molecule has 0 atom stereocenters. The summed E-state index contributed by atoms with van der Waals surface area (Å²) in [4.78, 5) is 2.46. The fraction of sp³-hybridized carbons (Fsp3) is 0.800. The fourth-order valence-corrected chi connectivity index (χ4v) is 3.30. The minimum Gasteiger partial charge on any atom is -0.294 e. The minimum atomic E-state index is 0.567. The van der Waals surface area contributed by atoms with Crippen molar-refractivity contribution in [1.82, 2.24) is 14.7 Å². The van der Waals surface area contributed by atoms with Crippen LogP contribution in [-0.2, 0) is 6.54 Å². The molecule has 0 spiro atoms. The number of hydrogen-bond donors (Lipinski definition) is 0. The molecule has 0 amide bonds. The molecule has 1 aromatic rings. The van der Waals surface area contributed by atoms with Crippen molar-refractivity contribution in [3.8, 4) is 0 Å². The molecule has 1 aliphatic rings. The monoisotopic (exact) mass is 327 g/mol. The lowest BCUT2D eigenvalue weighted by Gasteiger charge is -2.25. The molecule has 0 bridgehead atoms. The first-order valence-electron chi connectivity index (χ1n) is 7.54. The lowest BCUT2D eigenvalue weighted by Crippen LogP contribution is -2.32. The van der Waals surface area contributed by atoms with Crippen LogP contribution >= 0.6 is 15.9 Å². The molecule has 1 aromatic heterocycles. The molecule has 0 aromatic carbocycles. The number of alkyl halides is 1. The van der Waals surface area contributed by atoms with Gasteiger partial charge in [-0.25, -0.2) is 0 Å². The van der Waals surface area contributed by atoms with Crippen molar-refractivity contribution in [3.63, 3.8) is 0 Å². The first-order valence-corrected chi connectivity index (χ1v) is 8.67. The summed E-state index contributed by atoms with van der Waals surface area (Å²) in [6, 6.07) is 3.40. The Morgan fingerprint density at radius 3 is 2.74 bits per heavy atom. The molecule has 1 saturated carbocycles. The largest absolute Gasteiger partial charge is 0.294 e. The Kier molecular flexibility index (Phi) is 5.89. The molecule has 0 aliphatic heterocycles. The molecule has 108 valence electrons. The van der Waals surface area contributed by atoms with E-state index in [1.807, 2.05) is 0 Å². The average molecular weight is 328 g/mol. The highest BCUT2D eigenvalue weighted by molar-refractivity contribution is 9.09. The van der Waals surface area contributed by atoms with E-state index in [1.165, 1.54) is 37.8 Å². The predicted molar refractivity (Wildman–Crippen MR) is 83.7 cm³/mol. The standard InChI is InChI=1S/C15H26BrN3/c1-13(2)18(11-9-16)12-14-8-10-19(17-14)15-6-4-3-5-7-15/h8,10,13,15H,3-7,9,11-12H2,1-2H3. The Bertz CT molecular complexity index is 369. The molecule has 4 heteroatoms. The molecular formula is C15H26BrN3. The SMILES string of the molecule is CC(C)N(CCBr)Cc1ccn(C2CCCCC2)n1. The maximum Gasteiger partial charge on any atom is 0.0765 e. The van der Waals surface area contributed by atoms with Gasteiger partial charge in [-0.3, -0.25) is 9.58 Å². The van der Waals surface area contributed by atoms with Gasteiger partial charge in [0, 0.05) is 30.7 Å². The lowest BCUT2D eigenvalue weighted by molar-refractivity contribution is 0.223.